The maximum atomic E-state index is 12.0. The van der Waals surface area contributed by atoms with Crippen molar-refractivity contribution in [2.45, 2.75) is 62.5 Å². The molecule has 6 heteroatoms. The van der Waals surface area contributed by atoms with Crippen molar-refractivity contribution in [2.75, 3.05) is 0 Å². The molecule has 0 spiro atoms. The van der Waals surface area contributed by atoms with Crippen molar-refractivity contribution in [3.05, 3.63) is 18.0 Å². The fourth-order valence-electron chi connectivity index (χ4n) is 2.63. The largest absolute Gasteiger partial charge is 0.481 e. The van der Waals surface area contributed by atoms with Gasteiger partial charge in [-0.2, -0.15) is 5.10 Å². The zero-order chi connectivity index (χ0) is 14.5. The van der Waals surface area contributed by atoms with E-state index in [1.165, 1.54) is 32.1 Å². The Morgan fingerprint density at radius 1 is 1.50 bits per heavy atom. The summed E-state index contributed by atoms with van der Waals surface area (Å²) >= 11 is 0. The molecule has 0 saturated heterocycles. The van der Waals surface area contributed by atoms with Crippen LogP contribution in [0.15, 0.2) is 12.3 Å². The van der Waals surface area contributed by atoms with E-state index in [0.29, 0.717) is 11.8 Å². The summed E-state index contributed by atoms with van der Waals surface area (Å²) in [5.74, 6) is -0.563. The zero-order valence-electron chi connectivity index (χ0n) is 11.8. The van der Waals surface area contributed by atoms with E-state index in [2.05, 4.69) is 5.10 Å². The second kappa shape index (κ2) is 7.02. The Hall–Kier alpha value is -1.17. The van der Waals surface area contributed by atoms with Gasteiger partial charge in [0.25, 0.3) is 0 Å². The smallest absolute Gasteiger partial charge is 0.304 e. The lowest BCUT2D eigenvalue weighted by atomic mass is 9.96. The van der Waals surface area contributed by atoms with Gasteiger partial charge in [-0.3, -0.25) is 13.7 Å². The Labute approximate surface area is 121 Å². The number of nitrogens with zero attached hydrogens (tertiary/aromatic N) is 2. The number of aromatic nitrogens is 2. The predicted octanol–water partition coefficient (Wildman–Crippen LogP) is 2.50. The third kappa shape index (κ3) is 4.16. The Morgan fingerprint density at radius 2 is 2.20 bits per heavy atom. The molecule has 1 aliphatic rings. The minimum Gasteiger partial charge on any atom is -0.481 e. The molecule has 1 saturated carbocycles. The second-order valence-electron chi connectivity index (χ2n) is 5.51. The SMILES string of the molecule is CC(CC(=O)O)S(=O)Cc1ccn(C2CCCCC2)n1. The Kier molecular flexibility index (Phi) is 5.34. The molecular weight excluding hydrogens is 276 g/mol. The molecule has 1 aliphatic carbocycles. The molecule has 0 aliphatic heterocycles. The average molecular weight is 298 g/mol. The molecule has 0 amide bonds. The summed E-state index contributed by atoms with van der Waals surface area (Å²) in [5, 5.41) is 12.9. The molecule has 1 heterocycles. The van der Waals surface area contributed by atoms with Crippen molar-refractivity contribution in [3.8, 4) is 0 Å². The molecule has 1 fully saturated rings. The molecular formula is C14H22N2O3S. The van der Waals surface area contributed by atoms with Crippen molar-refractivity contribution in [3.63, 3.8) is 0 Å². The van der Waals surface area contributed by atoms with Crippen LogP contribution in [0.2, 0.25) is 0 Å². The van der Waals surface area contributed by atoms with Gasteiger partial charge in [0.05, 0.1) is 23.9 Å². The van der Waals surface area contributed by atoms with Gasteiger partial charge in [0.1, 0.15) is 0 Å². The third-order valence-electron chi connectivity index (χ3n) is 3.81. The minimum absolute atomic E-state index is 0.0596. The van der Waals surface area contributed by atoms with Gasteiger partial charge in [-0.15, -0.1) is 0 Å². The van der Waals surface area contributed by atoms with E-state index in [9.17, 15) is 9.00 Å². The first-order valence-electron chi connectivity index (χ1n) is 7.19. The van der Waals surface area contributed by atoms with E-state index in [0.717, 1.165) is 5.69 Å². The van der Waals surface area contributed by atoms with Crippen LogP contribution in [0.4, 0.5) is 0 Å². The minimum atomic E-state index is -1.18. The highest BCUT2D eigenvalue weighted by Gasteiger charge is 2.19. The van der Waals surface area contributed by atoms with Gasteiger partial charge in [-0.25, -0.2) is 0 Å². The van der Waals surface area contributed by atoms with E-state index < -0.39 is 16.8 Å². The number of aliphatic carboxylic acids is 1. The van der Waals surface area contributed by atoms with Crippen molar-refractivity contribution in [1.82, 2.24) is 9.78 Å². The van der Waals surface area contributed by atoms with Gasteiger partial charge in [0, 0.05) is 22.2 Å². The topological polar surface area (TPSA) is 72.2 Å². The summed E-state index contributed by atoms with van der Waals surface area (Å²) in [7, 11) is -1.18. The van der Waals surface area contributed by atoms with Gasteiger partial charge in [0.15, 0.2) is 0 Å². The zero-order valence-corrected chi connectivity index (χ0v) is 12.6. The standard InChI is InChI=1S/C14H22N2O3S/c1-11(9-14(17)18)20(19)10-12-7-8-16(15-12)13-5-3-2-4-6-13/h7-8,11,13H,2-6,9-10H2,1H3,(H,17,18). The van der Waals surface area contributed by atoms with Crippen LogP contribution >= 0.6 is 0 Å². The highest BCUT2D eigenvalue weighted by atomic mass is 32.2. The molecule has 1 aromatic heterocycles. The molecule has 2 rings (SSSR count). The number of hydrogen-bond acceptors (Lipinski definition) is 3. The molecule has 0 bridgehead atoms. The lowest BCUT2D eigenvalue weighted by Crippen LogP contribution is -2.18. The lowest BCUT2D eigenvalue weighted by molar-refractivity contribution is -0.136. The van der Waals surface area contributed by atoms with Gasteiger partial charge >= 0.3 is 5.97 Å². The van der Waals surface area contributed by atoms with Crippen molar-refractivity contribution >= 4 is 16.8 Å². The molecule has 0 radical (unpaired) electrons. The van der Waals surface area contributed by atoms with Crippen molar-refractivity contribution in [2.24, 2.45) is 0 Å². The second-order valence-corrected chi connectivity index (χ2v) is 7.37. The van der Waals surface area contributed by atoms with E-state index in [4.69, 9.17) is 5.11 Å². The lowest BCUT2D eigenvalue weighted by Gasteiger charge is -2.21. The summed E-state index contributed by atoms with van der Waals surface area (Å²) in [6, 6.07) is 2.38. The molecule has 20 heavy (non-hydrogen) atoms. The first-order valence-corrected chi connectivity index (χ1v) is 8.57. The van der Waals surface area contributed by atoms with Crippen LogP contribution in [-0.2, 0) is 21.3 Å². The van der Waals surface area contributed by atoms with Gasteiger partial charge in [0.2, 0.25) is 0 Å². The molecule has 0 aromatic carbocycles. The van der Waals surface area contributed by atoms with Gasteiger partial charge in [-0.05, 0) is 18.9 Å². The van der Waals surface area contributed by atoms with E-state index >= 15 is 0 Å². The van der Waals surface area contributed by atoms with E-state index in [-0.39, 0.29) is 11.7 Å². The number of hydrogen-bond donors (Lipinski definition) is 1. The van der Waals surface area contributed by atoms with Crippen LogP contribution in [0.3, 0.4) is 0 Å². The summed E-state index contributed by atoms with van der Waals surface area (Å²) in [6.07, 6.45) is 8.05. The molecule has 5 nitrogen and oxygen atoms in total. The van der Waals surface area contributed by atoms with Crippen LogP contribution in [-0.4, -0.2) is 30.3 Å². The molecule has 2 atom stereocenters. The summed E-state index contributed by atoms with van der Waals surface area (Å²) < 4.78 is 14.0. The van der Waals surface area contributed by atoms with Crippen LogP contribution in [0.25, 0.3) is 0 Å². The molecule has 1 aromatic rings. The monoisotopic (exact) mass is 298 g/mol. The fraction of sp³-hybridized carbons (Fsp3) is 0.714. The first-order chi connectivity index (χ1) is 9.56. The Morgan fingerprint density at radius 3 is 2.85 bits per heavy atom. The molecule has 112 valence electrons. The summed E-state index contributed by atoms with van der Waals surface area (Å²) in [6.45, 7) is 1.71. The van der Waals surface area contributed by atoms with Crippen LogP contribution in [0.5, 0.6) is 0 Å². The highest BCUT2D eigenvalue weighted by molar-refractivity contribution is 7.84. The van der Waals surface area contributed by atoms with Crippen LogP contribution < -0.4 is 0 Å². The number of rotatable bonds is 6. The van der Waals surface area contributed by atoms with Crippen molar-refractivity contribution < 1.29 is 14.1 Å². The number of carboxylic acids is 1. The highest BCUT2D eigenvalue weighted by Crippen LogP contribution is 2.27. The first kappa shape index (κ1) is 15.2. The maximum Gasteiger partial charge on any atom is 0.304 e. The molecule has 2 unspecified atom stereocenters. The Bertz CT molecular complexity index is 481. The average Bonchev–Trinajstić information content (AvgIpc) is 2.87. The predicted molar refractivity (Wildman–Crippen MR) is 77.9 cm³/mol. The maximum absolute atomic E-state index is 12.0. The normalized spacial score (nSPS) is 19.6. The van der Waals surface area contributed by atoms with Crippen LogP contribution in [0.1, 0.15) is 57.2 Å². The number of carboxylic acid groups (broad SMARTS) is 1. The van der Waals surface area contributed by atoms with Crippen LogP contribution in [0, 0.1) is 0 Å². The Balaban J connectivity index is 1.91. The summed E-state index contributed by atoms with van der Waals surface area (Å²) in [5.41, 5.74) is 0.797. The molecule has 1 N–H and O–H groups in total. The van der Waals surface area contributed by atoms with Gasteiger partial charge in [-0.1, -0.05) is 26.2 Å². The third-order valence-corrected chi connectivity index (χ3v) is 5.46. The number of carbonyl (C=O) groups is 1. The van der Waals surface area contributed by atoms with E-state index in [1.807, 2.05) is 16.9 Å². The summed E-state index contributed by atoms with van der Waals surface area (Å²) in [4.78, 5) is 10.6. The van der Waals surface area contributed by atoms with Gasteiger partial charge < -0.3 is 5.11 Å². The quantitative estimate of drug-likeness (QED) is 0.876. The fourth-order valence-corrected chi connectivity index (χ4v) is 3.69. The van der Waals surface area contributed by atoms with E-state index in [1.54, 1.807) is 6.92 Å². The van der Waals surface area contributed by atoms with Crippen molar-refractivity contribution in [1.29, 1.82) is 0 Å².